The van der Waals surface area contributed by atoms with Crippen LogP contribution in [0.5, 0.6) is 0 Å². The van der Waals surface area contributed by atoms with Gasteiger partial charge in [-0.25, -0.2) is 10.9 Å². The van der Waals surface area contributed by atoms with Crippen molar-refractivity contribution in [2.45, 2.75) is 19.1 Å². The number of aliphatic imine (C=N–C) groups is 1. The molecule has 2 heterocycles. The van der Waals surface area contributed by atoms with E-state index >= 15 is 0 Å². The largest absolute Gasteiger partial charge is 0.294 e. The molecular formula is C18H18N4O. The van der Waals surface area contributed by atoms with Crippen molar-refractivity contribution in [3.05, 3.63) is 70.3 Å². The van der Waals surface area contributed by atoms with E-state index in [9.17, 15) is 4.79 Å². The number of rotatable bonds is 4. The third-order valence-corrected chi connectivity index (χ3v) is 4.25. The zero-order valence-electron chi connectivity index (χ0n) is 12.7. The molecule has 0 saturated carbocycles. The summed E-state index contributed by atoms with van der Waals surface area (Å²) in [5.74, 6) is 0.135. The van der Waals surface area contributed by atoms with Crippen molar-refractivity contribution in [2.24, 2.45) is 4.99 Å². The highest BCUT2D eigenvalue weighted by Crippen LogP contribution is 2.19. The van der Waals surface area contributed by atoms with Crippen LogP contribution in [0.25, 0.3) is 0 Å². The molecule has 1 fully saturated rings. The summed E-state index contributed by atoms with van der Waals surface area (Å²) in [6, 6.07) is 14.0. The molecule has 2 aromatic carbocycles. The zero-order valence-corrected chi connectivity index (χ0v) is 12.7. The van der Waals surface area contributed by atoms with E-state index < -0.39 is 0 Å². The lowest BCUT2D eigenvalue weighted by molar-refractivity contribution is 0.0993. The molecule has 5 heteroatoms. The zero-order chi connectivity index (χ0) is 15.6. The monoisotopic (exact) mass is 306 g/mol. The van der Waals surface area contributed by atoms with E-state index in [-0.39, 0.29) is 11.9 Å². The number of hydrogen-bond acceptors (Lipinski definition) is 5. The number of nitrogens with one attached hydrogen (secondary N) is 3. The number of fused-ring (bicyclic) bond motifs is 1. The lowest BCUT2D eigenvalue weighted by Gasteiger charge is -2.12. The van der Waals surface area contributed by atoms with Gasteiger partial charge in [-0.3, -0.25) is 15.1 Å². The molecule has 1 unspecified atom stereocenters. The van der Waals surface area contributed by atoms with Crippen LogP contribution in [0.1, 0.15) is 38.8 Å². The molecule has 0 radical (unpaired) electrons. The van der Waals surface area contributed by atoms with E-state index in [4.69, 9.17) is 0 Å². The van der Waals surface area contributed by atoms with Crippen molar-refractivity contribution in [3.8, 4) is 0 Å². The van der Waals surface area contributed by atoms with Gasteiger partial charge in [0.15, 0.2) is 5.78 Å². The van der Waals surface area contributed by atoms with E-state index in [1.165, 1.54) is 5.56 Å². The summed E-state index contributed by atoms with van der Waals surface area (Å²) >= 11 is 0. The Balaban J connectivity index is 1.52. The summed E-state index contributed by atoms with van der Waals surface area (Å²) in [5, 5.41) is 3.29. The third kappa shape index (κ3) is 2.94. The minimum atomic E-state index is 0.0845. The number of benzene rings is 2. The van der Waals surface area contributed by atoms with Gasteiger partial charge >= 0.3 is 0 Å². The molecule has 1 saturated heterocycles. The molecule has 2 aromatic rings. The number of carbonyl (C=O) groups excluding carboxylic acids is 1. The second kappa shape index (κ2) is 6.04. The molecule has 0 aromatic heterocycles. The second-order valence-corrected chi connectivity index (χ2v) is 5.86. The first-order chi connectivity index (χ1) is 11.3. The van der Waals surface area contributed by atoms with Crippen LogP contribution in [0.4, 0.5) is 0 Å². The predicted octanol–water partition coefficient (Wildman–Crippen LogP) is 1.70. The highest BCUT2D eigenvalue weighted by molar-refractivity contribution is 5.99. The Morgan fingerprint density at radius 2 is 2.17 bits per heavy atom. The first-order valence-electron chi connectivity index (χ1n) is 7.76. The van der Waals surface area contributed by atoms with E-state index in [2.05, 4.69) is 33.3 Å². The number of nitrogens with zero attached hydrogens (tertiary/aromatic N) is 1. The van der Waals surface area contributed by atoms with Crippen molar-refractivity contribution in [1.82, 2.24) is 16.2 Å². The Kier molecular flexibility index (Phi) is 3.75. The molecule has 4 rings (SSSR count). The third-order valence-electron chi connectivity index (χ3n) is 4.25. The van der Waals surface area contributed by atoms with Crippen molar-refractivity contribution in [2.75, 3.05) is 6.67 Å². The molecule has 2 aliphatic heterocycles. The van der Waals surface area contributed by atoms with Crippen LogP contribution in [0.2, 0.25) is 0 Å². The fourth-order valence-electron chi connectivity index (χ4n) is 3.00. The van der Waals surface area contributed by atoms with Gasteiger partial charge in [0, 0.05) is 18.2 Å². The van der Waals surface area contributed by atoms with E-state index in [1.54, 1.807) is 0 Å². The summed E-state index contributed by atoms with van der Waals surface area (Å²) in [4.78, 5) is 16.8. The summed E-state index contributed by atoms with van der Waals surface area (Å²) in [7, 11) is 0. The minimum absolute atomic E-state index is 0.0845. The van der Waals surface area contributed by atoms with Crippen LogP contribution in [0.3, 0.4) is 0 Å². The molecule has 0 aliphatic carbocycles. The first kappa shape index (κ1) is 14.3. The molecule has 116 valence electrons. The number of hydrazine groups is 1. The second-order valence-electron chi connectivity index (χ2n) is 5.86. The molecule has 1 atom stereocenters. The van der Waals surface area contributed by atoms with Gasteiger partial charge in [0.2, 0.25) is 0 Å². The van der Waals surface area contributed by atoms with Crippen LogP contribution in [-0.4, -0.2) is 18.7 Å². The summed E-state index contributed by atoms with van der Waals surface area (Å²) in [6.45, 7) is 1.45. The fourth-order valence-corrected chi connectivity index (χ4v) is 3.00. The molecule has 5 nitrogen and oxygen atoms in total. The minimum Gasteiger partial charge on any atom is -0.294 e. The van der Waals surface area contributed by atoms with E-state index in [0.717, 1.165) is 35.5 Å². The fraction of sp³-hybridized carbons (Fsp3) is 0.222. The lowest BCUT2D eigenvalue weighted by Crippen LogP contribution is -2.25. The average molecular weight is 306 g/mol. The SMILES string of the molecule is O=C(Cc1cccc(C2NCNN2)c1)c1ccc2c(c1)C=NC2. The van der Waals surface area contributed by atoms with Gasteiger partial charge < -0.3 is 0 Å². The molecule has 2 aliphatic rings. The average Bonchev–Trinajstić information content (AvgIpc) is 3.26. The van der Waals surface area contributed by atoms with Gasteiger partial charge in [-0.15, -0.1) is 0 Å². The van der Waals surface area contributed by atoms with Crippen molar-refractivity contribution in [1.29, 1.82) is 0 Å². The quantitative estimate of drug-likeness (QED) is 0.752. The Labute approximate surface area is 134 Å². The normalized spacial score (nSPS) is 19.0. The van der Waals surface area contributed by atoms with Gasteiger partial charge in [-0.05, 0) is 28.3 Å². The maximum absolute atomic E-state index is 12.6. The highest BCUT2D eigenvalue weighted by atomic mass is 16.1. The van der Waals surface area contributed by atoms with Crippen molar-refractivity contribution < 1.29 is 4.79 Å². The van der Waals surface area contributed by atoms with Gasteiger partial charge in [-0.2, -0.15) is 0 Å². The standard InChI is InChI=1S/C18H18N4O/c23-17(13-4-5-15-9-19-10-16(15)8-13)7-12-2-1-3-14(6-12)18-20-11-21-22-18/h1-6,8,10,18,20-22H,7,9,11H2. The van der Waals surface area contributed by atoms with Crippen LogP contribution in [-0.2, 0) is 13.0 Å². The van der Waals surface area contributed by atoms with Crippen LogP contribution in [0, 0.1) is 0 Å². The smallest absolute Gasteiger partial charge is 0.167 e. The molecule has 0 bridgehead atoms. The van der Waals surface area contributed by atoms with Gasteiger partial charge in [0.05, 0.1) is 19.4 Å². The van der Waals surface area contributed by atoms with E-state index in [0.29, 0.717) is 6.42 Å². The summed E-state index contributed by atoms with van der Waals surface area (Å²) in [6.07, 6.45) is 2.34. The first-order valence-corrected chi connectivity index (χ1v) is 7.76. The predicted molar refractivity (Wildman–Crippen MR) is 89.2 cm³/mol. The van der Waals surface area contributed by atoms with Gasteiger partial charge in [-0.1, -0.05) is 36.4 Å². The van der Waals surface area contributed by atoms with Gasteiger partial charge in [0.1, 0.15) is 0 Å². The van der Waals surface area contributed by atoms with Crippen molar-refractivity contribution >= 4 is 12.0 Å². The highest BCUT2D eigenvalue weighted by Gasteiger charge is 2.16. The van der Waals surface area contributed by atoms with E-state index in [1.807, 2.05) is 36.5 Å². The summed E-state index contributed by atoms with van der Waals surface area (Å²) < 4.78 is 0. The maximum Gasteiger partial charge on any atom is 0.167 e. The maximum atomic E-state index is 12.6. The molecule has 0 amide bonds. The van der Waals surface area contributed by atoms with Gasteiger partial charge in [0.25, 0.3) is 0 Å². The van der Waals surface area contributed by atoms with Crippen LogP contribution >= 0.6 is 0 Å². The van der Waals surface area contributed by atoms with Crippen molar-refractivity contribution in [3.63, 3.8) is 0 Å². The van der Waals surface area contributed by atoms with Crippen LogP contribution < -0.4 is 16.2 Å². The molecule has 0 spiro atoms. The topological polar surface area (TPSA) is 65.5 Å². The Bertz CT molecular complexity index is 778. The Morgan fingerprint density at radius 3 is 3.04 bits per heavy atom. The number of ketones is 1. The lowest BCUT2D eigenvalue weighted by atomic mass is 9.98. The van der Waals surface area contributed by atoms with Crippen LogP contribution in [0.15, 0.2) is 47.5 Å². The number of Topliss-reactive ketones (excluding diaryl/α,β-unsaturated/α-hetero) is 1. The number of hydrogen-bond donors (Lipinski definition) is 3. The number of carbonyl (C=O) groups is 1. The summed E-state index contributed by atoms with van der Waals surface area (Å²) in [5.41, 5.74) is 11.3. The Hall–Kier alpha value is -2.34. The molecule has 23 heavy (non-hydrogen) atoms. The Morgan fingerprint density at radius 1 is 1.22 bits per heavy atom. The molecular weight excluding hydrogens is 288 g/mol. The molecule has 3 N–H and O–H groups in total.